The number of aliphatic imine (C=N–C) groups is 1. The zero-order chi connectivity index (χ0) is 15.6. The number of nitrogens with one attached hydrogen (secondary N) is 1. The van der Waals surface area contributed by atoms with Gasteiger partial charge in [-0.2, -0.15) is 0 Å². The van der Waals surface area contributed by atoms with Crippen molar-refractivity contribution in [1.82, 2.24) is 5.32 Å². The van der Waals surface area contributed by atoms with Crippen LogP contribution in [0, 0.1) is 11.2 Å². The van der Waals surface area contributed by atoms with Gasteiger partial charge in [-0.3, -0.25) is 0 Å². The van der Waals surface area contributed by atoms with E-state index in [0.717, 1.165) is 42.9 Å². The third-order valence-corrected chi connectivity index (χ3v) is 4.47. The Morgan fingerprint density at radius 2 is 2.09 bits per heavy atom. The minimum absolute atomic E-state index is 0.0642. The summed E-state index contributed by atoms with van der Waals surface area (Å²) >= 11 is 0. The lowest BCUT2D eigenvalue weighted by molar-refractivity contribution is 0.366. The summed E-state index contributed by atoms with van der Waals surface area (Å²) in [6, 6.07) is 6.18. The molecule has 4 heteroatoms. The first-order chi connectivity index (χ1) is 10.7. The molecule has 1 unspecified atom stereocenters. The van der Waals surface area contributed by atoms with Gasteiger partial charge in [-0.15, -0.1) is 6.58 Å². The Hall–Kier alpha value is -2.20. The number of benzene rings is 1. The molecule has 0 bridgehead atoms. The van der Waals surface area contributed by atoms with Crippen molar-refractivity contribution in [2.75, 3.05) is 13.1 Å². The molecule has 1 aliphatic carbocycles. The molecule has 1 saturated heterocycles. The van der Waals surface area contributed by atoms with Crippen molar-refractivity contribution in [2.24, 2.45) is 16.1 Å². The highest BCUT2D eigenvalue weighted by molar-refractivity contribution is 6.11. The van der Waals surface area contributed by atoms with Gasteiger partial charge in [0.2, 0.25) is 0 Å². The molecule has 3 nitrogen and oxygen atoms in total. The molecule has 0 radical (unpaired) electrons. The van der Waals surface area contributed by atoms with Gasteiger partial charge < -0.3 is 11.1 Å². The predicted octanol–water partition coefficient (Wildman–Crippen LogP) is 3.24. The van der Waals surface area contributed by atoms with E-state index in [1.54, 1.807) is 18.3 Å². The number of hydrogen-bond donors (Lipinski definition) is 2. The molecule has 1 aliphatic heterocycles. The van der Waals surface area contributed by atoms with Gasteiger partial charge in [-0.1, -0.05) is 11.6 Å². The summed E-state index contributed by atoms with van der Waals surface area (Å²) in [7, 11) is 0. The number of fused-ring (bicyclic) bond motifs is 1. The number of nitrogens with two attached hydrogens (primary N) is 1. The highest BCUT2D eigenvalue weighted by Gasteiger charge is 2.38. The topological polar surface area (TPSA) is 50.4 Å². The summed E-state index contributed by atoms with van der Waals surface area (Å²) < 4.78 is 13.0. The highest BCUT2D eigenvalue weighted by Crippen LogP contribution is 2.43. The van der Waals surface area contributed by atoms with Crippen LogP contribution in [-0.4, -0.2) is 18.8 Å². The lowest BCUT2D eigenvalue weighted by Gasteiger charge is -2.41. The first kappa shape index (κ1) is 14.7. The fraction of sp³-hybridized carbons (Fsp3) is 0.278. The second-order valence-electron chi connectivity index (χ2n) is 5.80. The Morgan fingerprint density at radius 1 is 1.32 bits per heavy atom. The number of halogens is 1. The van der Waals surface area contributed by atoms with E-state index >= 15 is 0 Å². The summed E-state index contributed by atoms with van der Waals surface area (Å²) in [4.78, 5) is 4.64. The molecular formula is C18H20FN3. The fourth-order valence-electron chi connectivity index (χ4n) is 3.16. The molecule has 1 aromatic rings. The van der Waals surface area contributed by atoms with Crippen LogP contribution in [0.3, 0.4) is 0 Å². The van der Waals surface area contributed by atoms with E-state index in [-0.39, 0.29) is 11.2 Å². The molecule has 3 rings (SSSR count). The summed E-state index contributed by atoms with van der Waals surface area (Å²) in [6.07, 6.45) is 7.53. The molecule has 1 aromatic carbocycles. The summed E-state index contributed by atoms with van der Waals surface area (Å²) in [5, 5.41) is 3.43. The van der Waals surface area contributed by atoms with Crippen molar-refractivity contribution in [3.8, 4) is 0 Å². The normalized spacial score (nSPS) is 28.3. The van der Waals surface area contributed by atoms with Crippen molar-refractivity contribution in [1.29, 1.82) is 0 Å². The van der Waals surface area contributed by atoms with Crippen LogP contribution in [0.1, 0.15) is 12.8 Å². The van der Waals surface area contributed by atoms with Crippen LogP contribution in [-0.2, 0) is 0 Å². The molecular weight excluding hydrogens is 277 g/mol. The number of allylic oxidation sites excluding steroid dienone is 2. The first-order valence-corrected chi connectivity index (χ1v) is 7.48. The second-order valence-corrected chi connectivity index (χ2v) is 5.80. The quantitative estimate of drug-likeness (QED) is 0.823. The van der Waals surface area contributed by atoms with Gasteiger partial charge in [0, 0.05) is 12.0 Å². The smallest absolute Gasteiger partial charge is 0.123 e. The predicted molar refractivity (Wildman–Crippen MR) is 88.6 cm³/mol. The molecule has 2 aliphatic rings. The fourth-order valence-corrected chi connectivity index (χ4v) is 3.16. The first-order valence-electron chi connectivity index (χ1n) is 7.48. The molecule has 1 heterocycles. The molecule has 0 amide bonds. The third kappa shape index (κ3) is 2.62. The lowest BCUT2D eigenvalue weighted by atomic mass is 9.67. The maximum atomic E-state index is 13.0. The number of rotatable bonds is 2. The van der Waals surface area contributed by atoms with E-state index in [9.17, 15) is 4.39 Å². The van der Waals surface area contributed by atoms with Crippen LogP contribution < -0.4 is 11.1 Å². The van der Waals surface area contributed by atoms with Crippen LogP contribution >= 0.6 is 0 Å². The van der Waals surface area contributed by atoms with E-state index in [4.69, 9.17) is 5.73 Å². The Labute approximate surface area is 130 Å². The monoisotopic (exact) mass is 297 g/mol. The molecule has 22 heavy (non-hydrogen) atoms. The molecule has 1 fully saturated rings. The van der Waals surface area contributed by atoms with Crippen molar-refractivity contribution in [2.45, 2.75) is 12.8 Å². The average molecular weight is 297 g/mol. The van der Waals surface area contributed by atoms with Crippen molar-refractivity contribution < 1.29 is 4.39 Å². The van der Waals surface area contributed by atoms with Crippen LogP contribution in [0.2, 0.25) is 0 Å². The second kappa shape index (κ2) is 5.89. The summed E-state index contributed by atoms with van der Waals surface area (Å²) in [6.45, 7) is 5.86. The lowest BCUT2D eigenvalue weighted by Crippen LogP contribution is -2.43. The van der Waals surface area contributed by atoms with Crippen LogP contribution in [0.5, 0.6) is 0 Å². The van der Waals surface area contributed by atoms with Gasteiger partial charge in [0.15, 0.2) is 0 Å². The highest BCUT2D eigenvalue weighted by atomic mass is 19.1. The zero-order valence-corrected chi connectivity index (χ0v) is 12.5. The molecule has 1 atom stereocenters. The molecule has 114 valence electrons. The third-order valence-electron chi connectivity index (χ3n) is 4.47. The van der Waals surface area contributed by atoms with Gasteiger partial charge in [-0.05, 0) is 61.5 Å². The zero-order valence-electron chi connectivity index (χ0n) is 12.5. The Balaban J connectivity index is 2.03. The largest absolute Gasteiger partial charge is 0.404 e. The van der Waals surface area contributed by atoms with E-state index in [2.05, 4.69) is 23.0 Å². The van der Waals surface area contributed by atoms with Gasteiger partial charge in [0.05, 0.1) is 11.4 Å². The van der Waals surface area contributed by atoms with E-state index < -0.39 is 0 Å². The van der Waals surface area contributed by atoms with Crippen LogP contribution in [0.4, 0.5) is 10.1 Å². The summed E-state index contributed by atoms with van der Waals surface area (Å²) in [5.41, 5.74) is 9.69. The van der Waals surface area contributed by atoms with Crippen molar-refractivity contribution in [3.05, 3.63) is 66.2 Å². The maximum Gasteiger partial charge on any atom is 0.123 e. The van der Waals surface area contributed by atoms with Gasteiger partial charge in [0.25, 0.3) is 0 Å². The van der Waals surface area contributed by atoms with Crippen LogP contribution in [0.25, 0.3) is 0 Å². The molecule has 3 N–H and O–H groups in total. The van der Waals surface area contributed by atoms with Crippen molar-refractivity contribution >= 4 is 11.4 Å². The number of nitrogens with zero attached hydrogens (tertiary/aromatic N) is 1. The molecule has 0 aromatic heterocycles. The minimum atomic E-state index is -0.260. The molecule has 0 saturated carbocycles. The Morgan fingerprint density at radius 3 is 2.77 bits per heavy atom. The van der Waals surface area contributed by atoms with Gasteiger partial charge in [-0.25, -0.2) is 9.38 Å². The average Bonchev–Trinajstić information content (AvgIpc) is 2.56. The van der Waals surface area contributed by atoms with Gasteiger partial charge in [0.1, 0.15) is 5.82 Å². The van der Waals surface area contributed by atoms with Gasteiger partial charge >= 0.3 is 0 Å². The SMILES string of the molecule is C=CC12CNCCC1=CC(=Nc1ccc(F)cc1)C(=CN)C2. The summed E-state index contributed by atoms with van der Waals surface area (Å²) in [5.74, 6) is -0.260. The van der Waals surface area contributed by atoms with E-state index in [1.165, 1.54) is 17.7 Å². The van der Waals surface area contributed by atoms with Crippen LogP contribution in [0.15, 0.2) is 65.3 Å². The Bertz CT molecular complexity index is 670. The number of hydrogen-bond acceptors (Lipinski definition) is 3. The number of piperidine rings is 1. The standard InChI is InChI=1S/C18H20FN3/c1-2-18-10-13(11-20)17(9-14(18)7-8-21-12-18)22-16-5-3-15(19)4-6-16/h2-6,9,11,21H,1,7-8,10,12,20H2. The van der Waals surface area contributed by atoms with Crippen molar-refractivity contribution in [3.63, 3.8) is 0 Å². The van der Waals surface area contributed by atoms with E-state index in [1.807, 2.05) is 6.08 Å². The Kier molecular flexibility index (Phi) is 3.94. The molecule has 0 spiro atoms. The van der Waals surface area contributed by atoms with E-state index in [0.29, 0.717) is 0 Å². The minimum Gasteiger partial charge on any atom is -0.404 e. The maximum absolute atomic E-state index is 13.0.